The number of anilines is 1. The maximum absolute atomic E-state index is 12.3. The van der Waals surface area contributed by atoms with Crippen LogP contribution in [0.1, 0.15) is 31.7 Å². The molecular weight excluding hydrogens is 286 g/mol. The fraction of sp³-hybridized carbons (Fsp3) is 0.600. The summed E-state index contributed by atoms with van der Waals surface area (Å²) in [4.78, 5) is 0.0955. The lowest BCUT2D eigenvalue weighted by Crippen LogP contribution is -2.45. The van der Waals surface area contributed by atoms with Crippen molar-refractivity contribution in [2.24, 2.45) is 5.73 Å². The summed E-state index contributed by atoms with van der Waals surface area (Å²) in [6, 6.07) is -0.0116. The van der Waals surface area contributed by atoms with Gasteiger partial charge < -0.3 is 5.73 Å². The van der Waals surface area contributed by atoms with E-state index in [9.17, 15) is 8.42 Å². The first-order chi connectivity index (χ1) is 8.92. The van der Waals surface area contributed by atoms with Crippen molar-refractivity contribution in [1.29, 1.82) is 0 Å². The zero-order chi connectivity index (χ0) is 14.0. The molecule has 1 aromatic rings. The number of nitrogens with two attached hydrogens (primary N) is 1. The number of thiocarbonyl (C=S) groups is 1. The van der Waals surface area contributed by atoms with Crippen LogP contribution >= 0.6 is 12.2 Å². The van der Waals surface area contributed by atoms with Crippen LogP contribution in [-0.4, -0.2) is 40.5 Å². The number of aromatic amines is 1. The quantitative estimate of drug-likeness (QED) is 0.706. The Hall–Kier alpha value is -1.19. The van der Waals surface area contributed by atoms with Gasteiger partial charge in [-0.3, -0.25) is 9.82 Å². The Labute approximate surface area is 117 Å². The van der Waals surface area contributed by atoms with Gasteiger partial charge in [0, 0.05) is 12.6 Å². The van der Waals surface area contributed by atoms with Crippen molar-refractivity contribution in [3.05, 3.63) is 11.8 Å². The van der Waals surface area contributed by atoms with Crippen LogP contribution in [0.5, 0.6) is 0 Å². The lowest BCUT2D eigenvalue weighted by atomic mass is 10.1. The molecule has 0 saturated carbocycles. The van der Waals surface area contributed by atoms with Gasteiger partial charge in [0.15, 0.2) is 0 Å². The zero-order valence-electron chi connectivity index (χ0n) is 10.6. The Morgan fingerprint density at radius 1 is 1.63 bits per heavy atom. The van der Waals surface area contributed by atoms with Crippen molar-refractivity contribution in [3.8, 4) is 0 Å². The Morgan fingerprint density at radius 2 is 2.37 bits per heavy atom. The highest BCUT2D eigenvalue weighted by Crippen LogP contribution is 2.22. The van der Waals surface area contributed by atoms with Crippen LogP contribution in [0.2, 0.25) is 0 Å². The lowest BCUT2D eigenvalue weighted by molar-refractivity contribution is 0.270. The zero-order valence-corrected chi connectivity index (χ0v) is 12.2. The SMILES string of the molecule is CC1CCCCN1S(=O)(=O)Nc1[nH]ncc1C(N)=S. The molecule has 1 fully saturated rings. The highest BCUT2D eigenvalue weighted by Gasteiger charge is 2.30. The van der Waals surface area contributed by atoms with Gasteiger partial charge in [0.2, 0.25) is 0 Å². The van der Waals surface area contributed by atoms with E-state index >= 15 is 0 Å². The van der Waals surface area contributed by atoms with E-state index in [0.717, 1.165) is 19.3 Å². The number of hydrogen-bond donors (Lipinski definition) is 3. The van der Waals surface area contributed by atoms with E-state index in [1.54, 1.807) is 0 Å². The molecule has 0 bridgehead atoms. The second-order valence-electron chi connectivity index (χ2n) is 4.59. The van der Waals surface area contributed by atoms with Crippen molar-refractivity contribution in [2.45, 2.75) is 32.2 Å². The van der Waals surface area contributed by atoms with Crippen LogP contribution in [0.3, 0.4) is 0 Å². The summed E-state index contributed by atoms with van der Waals surface area (Å²) < 4.78 is 28.6. The van der Waals surface area contributed by atoms with Crippen LogP contribution < -0.4 is 10.5 Å². The van der Waals surface area contributed by atoms with Gasteiger partial charge in [-0.15, -0.1) is 0 Å². The number of rotatable bonds is 4. The highest BCUT2D eigenvalue weighted by molar-refractivity contribution is 7.90. The van der Waals surface area contributed by atoms with E-state index in [4.69, 9.17) is 18.0 Å². The molecule has 1 aliphatic heterocycles. The molecule has 0 amide bonds. The predicted molar refractivity (Wildman–Crippen MR) is 77.0 cm³/mol. The molecule has 19 heavy (non-hydrogen) atoms. The van der Waals surface area contributed by atoms with Gasteiger partial charge in [0.05, 0.1) is 11.8 Å². The average molecular weight is 303 g/mol. The third kappa shape index (κ3) is 3.04. The molecule has 9 heteroatoms. The summed E-state index contributed by atoms with van der Waals surface area (Å²) in [5, 5.41) is 6.32. The maximum atomic E-state index is 12.3. The largest absolute Gasteiger partial charge is 0.389 e. The molecule has 0 aliphatic carbocycles. The standard InChI is InChI=1S/C10H17N5O2S2/c1-7-4-2-3-5-15(7)19(16,17)14-10-8(9(11)18)6-12-13-10/h6-7H,2-5H2,1H3,(H2,11,18)(H2,12,13,14). The Kier molecular flexibility index (Phi) is 4.07. The van der Waals surface area contributed by atoms with E-state index in [1.165, 1.54) is 10.5 Å². The van der Waals surface area contributed by atoms with E-state index in [0.29, 0.717) is 12.1 Å². The minimum absolute atomic E-state index is 0.0116. The molecule has 7 nitrogen and oxygen atoms in total. The summed E-state index contributed by atoms with van der Waals surface area (Å²) in [7, 11) is -3.61. The number of nitrogens with zero attached hydrogens (tertiary/aromatic N) is 2. The average Bonchev–Trinajstić information content (AvgIpc) is 2.76. The first kappa shape index (κ1) is 14.2. The van der Waals surface area contributed by atoms with Crippen molar-refractivity contribution >= 4 is 33.2 Å². The van der Waals surface area contributed by atoms with Gasteiger partial charge >= 0.3 is 10.2 Å². The molecule has 0 aromatic carbocycles. The van der Waals surface area contributed by atoms with Crippen LogP contribution in [0.15, 0.2) is 6.20 Å². The number of nitrogens with one attached hydrogen (secondary N) is 2. The summed E-state index contributed by atoms with van der Waals surface area (Å²) in [5.41, 5.74) is 5.90. The number of aromatic nitrogens is 2. The summed E-state index contributed by atoms with van der Waals surface area (Å²) in [5.74, 6) is 0.213. The maximum Gasteiger partial charge on any atom is 0.303 e. The highest BCUT2D eigenvalue weighted by atomic mass is 32.2. The first-order valence-corrected chi connectivity index (χ1v) is 7.89. The molecule has 1 saturated heterocycles. The lowest BCUT2D eigenvalue weighted by Gasteiger charge is -2.32. The molecular formula is C10H17N5O2S2. The third-order valence-corrected chi connectivity index (χ3v) is 5.03. The van der Waals surface area contributed by atoms with Crippen LogP contribution in [0, 0.1) is 0 Å². The Morgan fingerprint density at radius 3 is 3.00 bits per heavy atom. The predicted octanol–water partition coefficient (Wildman–Crippen LogP) is 0.575. The second kappa shape index (κ2) is 5.43. The topological polar surface area (TPSA) is 104 Å². The monoisotopic (exact) mass is 303 g/mol. The molecule has 0 radical (unpaired) electrons. The smallest absolute Gasteiger partial charge is 0.303 e. The van der Waals surface area contributed by atoms with Gasteiger partial charge in [0.25, 0.3) is 0 Å². The molecule has 4 N–H and O–H groups in total. The third-order valence-electron chi connectivity index (χ3n) is 3.19. The molecule has 106 valence electrons. The summed E-state index contributed by atoms with van der Waals surface area (Å²) in [6.45, 7) is 2.42. The van der Waals surface area contributed by atoms with E-state index in [-0.39, 0.29) is 16.8 Å². The summed E-state index contributed by atoms with van der Waals surface area (Å²) >= 11 is 4.84. The molecule has 1 aliphatic rings. The number of H-pyrrole nitrogens is 1. The Balaban J connectivity index is 2.21. The van der Waals surface area contributed by atoms with Crippen LogP contribution in [-0.2, 0) is 10.2 Å². The van der Waals surface area contributed by atoms with Gasteiger partial charge in [-0.05, 0) is 19.8 Å². The van der Waals surface area contributed by atoms with E-state index in [2.05, 4.69) is 14.9 Å². The van der Waals surface area contributed by atoms with E-state index in [1.807, 2.05) is 6.92 Å². The van der Waals surface area contributed by atoms with E-state index < -0.39 is 10.2 Å². The Bertz CT molecular complexity index is 568. The minimum atomic E-state index is -3.61. The van der Waals surface area contributed by atoms with Gasteiger partial charge in [0.1, 0.15) is 10.8 Å². The van der Waals surface area contributed by atoms with Gasteiger partial charge in [-0.1, -0.05) is 18.6 Å². The van der Waals surface area contributed by atoms with Crippen molar-refractivity contribution in [1.82, 2.24) is 14.5 Å². The summed E-state index contributed by atoms with van der Waals surface area (Å²) in [6.07, 6.45) is 4.19. The molecule has 1 unspecified atom stereocenters. The van der Waals surface area contributed by atoms with Crippen LogP contribution in [0.25, 0.3) is 0 Å². The van der Waals surface area contributed by atoms with Crippen molar-refractivity contribution in [2.75, 3.05) is 11.3 Å². The normalized spacial score (nSPS) is 21.2. The molecule has 2 heterocycles. The second-order valence-corrected chi connectivity index (χ2v) is 6.65. The van der Waals surface area contributed by atoms with Gasteiger partial charge in [-0.2, -0.15) is 17.8 Å². The fourth-order valence-corrected chi connectivity index (χ4v) is 3.80. The van der Waals surface area contributed by atoms with Crippen molar-refractivity contribution in [3.63, 3.8) is 0 Å². The molecule has 1 atom stereocenters. The minimum Gasteiger partial charge on any atom is -0.389 e. The van der Waals surface area contributed by atoms with Crippen LogP contribution in [0.4, 0.5) is 5.82 Å². The number of piperidine rings is 1. The molecule has 1 aromatic heterocycles. The number of hydrogen-bond acceptors (Lipinski definition) is 4. The fourth-order valence-electron chi connectivity index (χ4n) is 2.17. The molecule has 0 spiro atoms. The molecule has 2 rings (SSSR count). The first-order valence-electron chi connectivity index (χ1n) is 6.04. The van der Waals surface area contributed by atoms with Crippen molar-refractivity contribution < 1.29 is 8.42 Å². The van der Waals surface area contributed by atoms with Gasteiger partial charge in [-0.25, -0.2) is 0 Å².